The zero-order valence-electron chi connectivity index (χ0n) is 12.1. The van der Waals surface area contributed by atoms with Gasteiger partial charge in [0, 0.05) is 6.61 Å². The summed E-state index contributed by atoms with van der Waals surface area (Å²) < 4.78 is 9.91. The Morgan fingerprint density at radius 3 is 2.05 bits per heavy atom. The topological polar surface area (TPSA) is 72.8 Å². The van der Waals surface area contributed by atoms with Crippen LogP contribution in [-0.4, -0.2) is 36.9 Å². The second-order valence-corrected chi connectivity index (χ2v) is 5.73. The number of ether oxygens (including phenoxy) is 2. The molecule has 1 spiro atoms. The van der Waals surface area contributed by atoms with Gasteiger partial charge in [-0.3, -0.25) is 0 Å². The SMILES string of the molecule is CCOC(=O)C(C(=O)OCC)=C1CC2(C1)CC(CO)C2. The van der Waals surface area contributed by atoms with Crippen molar-refractivity contribution in [3.05, 3.63) is 11.1 Å². The molecule has 0 aliphatic heterocycles. The summed E-state index contributed by atoms with van der Waals surface area (Å²) in [5, 5.41) is 9.07. The van der Waals surface area contributed by atoms with E-state index < -0.39 is 11.9 Å². The molecular formula is C15H22O5. The Morgan fingerprint density at radius 2 is 1.65 bits per heavy atom. The molecule has 0 atom stereocenters. The Balaban J connectivity index is 2.06. The second-order valence-electron chi connectivity index (χ2n) is 5.73. The van der Waals surface area contributed by atoms with Crippen LogP contribution < -0.4 is 0 Å². The summed E-state index contributed by atoms with van der Waals surface area (Å²) in [6.07, 6.45) is 3.45. The van der Waals surface area contributed by atoms with E-state index in [2.05, 4.69) is 0 Å². The normalized spacial score (nSPS) is 27.6. The number of carbonyl (C=O) groups is 2. The van der Waals surface area contributed by atoms with Crippen molar-refractivity contribution in [2.24, 2.45) is 11.3 Å². The summed E-state index contributed by atoms with van der Waals surface area (Å²) in [7, 11) is 0. The van der Waals surface area contributed by atoms with E-state index in [4.69, 9.17) is 14.6 Å². The molecule has 0 amide bonds. The minimum absolute atomic E-state index is 0.0896. The highest BCUT2D eigenvalue weighted by molar-refractivity contribution is 6.15. The van der Waals surface area contributed by atoms with Crippen molar-refractivity contribution in [2.45, 2.75) is 39.5 Å². The van der Waals surface area contributed by atoms with Crippen LogP contribution in [0.5, 0.6) is 0 Å². The smallest absolute Gasteiger partial charge is 0.345 e. The van der Waals surface area contributed by atoms with E-state index in [1.807, 2.05) is 0 Å². The van der Waals surface area contributed by atoms with Gasteiger partial charge >= 0.3 is 11.9 Å². The molecule has 0 heterocycles. The fourth-order valence-electron chi connectivity index (χ4n) is 3.39. The molecule has 2 aliphatic carbocycles. The summed E-state index contributed by atoms with van der Waals surface area (Å²) in [4.78, 5) is 23.8. The number of allylic oxidation sites excluding steroid dienone is 1. The Labute approximate surface area is 118 Å². The van der Waals surface area contributed by atoms with Gasteiger partial charge in [0.05, 0.1) is 13.2 Å². The van der Waals surface area contributed by atoms with Gasteiger partial charge in [-0.15, -0.1) is 0 Å². The van der Waals surface area contributed by atoms with Crippen molar-refractivity contribution in [2.75, 3.05) is 19.8 Å². The van der Waals surface area contributed by atoms with Crippen molar-refractivity contribution in [3.8, 4) is 0 Å². The van der Waals surface area contributed by atoms with E-state index in [1.54, 1.807) is 13.8 Å². The first kappa shape index (κ1) is 15.0. The first-order valence-electron chi connectivity index (χ1n) is 7.22. The molecule has 2 aliphatic rings. The minimum Gasteiger partial charge on any atom is -0.462 e. The van der Waals surface area contributed by atoms with E-state index in [9.17, 15) is 9.59 Å². The predicted molar refractivity (Wildman–Crippen MR) is 71.8 cm³/mol. The molecule has 20 heavy (non-hydrogen) atoms. The van der Waals surface area contributed by atoms with E-state index in [0.717, 1.165) is 31.3 Å². The lowest BCUT2D eigenvalue weighted by Gasteiger charge is -2.55. The molecule has 0 aromatic rings. The van der Waals surface area contributed by atoms with Crippen LogP contribution in [0.2, 0.25) is 0 Å². The molecule has 0 bridgehead atoms. The lowest BCUT2D eigenvalue weighted by molar-refractivity contribution is -0.147. The van der Waals surface area contributed by atoms with Crippen LogP contribution in [0.1, 0.15) is 39.5 Å². The van der Waals surface area contributed by atoms with Crippen molar-refractivity contribution >= 4 is 11.9 Å². The predicted octanol–water partition coefficient (Wildman–Crippen LogP) is 1.59. The Hall–Kier alpha value is -1.36. The lowest BCUT2D eigenvalue weighted by atomic mass is 9.49. The van der Waals surface area contributed by atoms with Crippen molar-refractivity contribution < 1.29 is 24.2 Å². The van der Waals surface area contributed by atoms with Crippen LogP contribution in [-0.2, 0) is 19.1 Å². The van der Waals surface area contributed by atoms with Gasteiger partial charge in [0.15, 0.2) is 0 Å². The van der Waals surface area contributed by atoms with Gasteiger partial charge in [-0.05, 0) is 56.4 Å². The lowest BCUT2D eigenvalue weighted by Crippen LogP contribution is -2.46. The summed E-state index contributed by atoms with van der Waals surface area (Å²) in [6, 6.07) is 0. The van der Waals surface area contributed by atoms with Gasteiger partial charge < -0.3 is 14.6 Å². The van der Waals surface area contributed by atoms with E-state index in [0.29, 0.717) is 5.92 Å². The van der Waals surface area contributed by atoms with Crippen LogP contribution in [0.15, 0.2) is 11.1 Å². The molecule has 5 nitrogen and oxygen atoms in total. The highest BCUT2D eigenvalue weighted by Gasteiger charge is 2.52. The maximum absolute atomic E-state index is 11.9. The van der Waals surface area contributed by atoms with Crippen LogP contribution >= 0.6 is 0 Å². The van der Waals surface area contributed by atoms with Gasteiger partial charge in [-0.1, -0.05) is 0 Å². The standard InChI is InChI=1S/C15H22O5/c1-3-19-13(17)12(14(18)20-4-2)11-7-15(8-11)5-10(6-15)9-16/h10,16H,3-9H2,1-2H3. The number of carbonyl (C=O) groups excluding carboxylic acids is 2. The second kappa shape index (κ2) is 5.95. The molecule has 2 rings (SSSR count). The van der Waals surface area contributed by atoms with Crippen molar-refractivity contribution in [1.29, 1.82) is 0 Å². The third kappa shape index (κ3) is 2.73. The maximum Gasteiger partial charge on any atom is 0.345 e. The molecule has 5 heteroatoms. The highest BCUT2D eigenvalue weighted by Crippen LogP contribution is 2.61. The number of aliphatic hydroxyl groups is 1. The molecule has 0 saturated heterocycles. The fourth-order valence-corrected chi connectivity index (χ4v) is 3.39. The zero-order valence-corrected chi connectivity index (χ0v) is 12.1. The average molecular weight is 282 g/mol. The third-order valence-corrected chi connectivity index (χ3v) is 4.19. The average Bonchev–Trinajstić information content (AvgIpc) is 2.30. The van der Waals surface area contributed by atoms with Gasteiger partial charge in [0.25, 0.3) is 0 Å². The van der Waals surface area contributed by atoms with Gasteiger partial charge in [0.2, 0.25) is 0 Å². The first-order valence-corrected chi connectivity index (χ1v) is 7.22. The molecule has 0 radical (unpaired) electrons. The molecular weight excluding hydrogens is 260 g/mol. The van der Waals surface area contributed by atoms with Crippen molar-refractivity contribution in [1.82, 2.24) is 0 Å². The number of rotatable bonds is 5. The van der Waals surface area contributed by atoms with Gasteiger partial charge in [-0.25, -0.2) is 9.59 Å². The number of esters is 2. The molecule has 112 valence electrons. The third-order valence-electron chi connectivity index (χ3n) is 4.19. The van der Waals surface area contributed by atoms with E-state index in [1.165, 1.54) is 0 Å². The summed E-state index contributed by atoms with van der Waals surface area (Å²) in [6.45, 7) is 4.14. The molecule has 0 aromatic carbocycles. The molecule has 2 saturated carbocycles. The summed E-state index contributed by atoms with van der Waals surface area (Å²) >= 11 is 0. The fraction of sp³-hybridized carbons (Fsp3) is 0.733. The van der Waals surface area contributed by atoms with Crippen LogP contribution in [0.4, 0.5) is 0 Å². The van der Waals surface area contributed by atoms with E-state index in [-0.39, 0.29) is 30.8 Å². The van der Waals surface area contributed by atoms with Gasteiger partial charge in [-0.2, -0.15) is 0 Å². The maximum atomic E-state index is 11.9. The first-order chi connectivity index (χ1) is 9.55. The van der Waals surface area contributed by atoms with Crippen LogP contribution in [0, 0.1) is 11.3 Å². The largest absolute Gasteiger partial charge is 0.462 e. The minimum atomic E-state index is -0.575. The van der Waals surface area contributed by atoms with Crippen molar-refractivity contribution in [3.63, 3.8) is 0 Å². The number of aliphatic hydroxyl groups excluding tert-OH is 1. The Bertz CT molecular complexity index is 402. The molecule has 1 N–H and O–H groups in total. The molecule has 2 fully saturated rings. The number of hydrogen-bond acceptors (Lipinski definition) is 5. The van der Waals surface area contributed by atoms with Crippen LogP contribution in [0.25, 0.3) is 0 Å². The highest BCUT2D eigenvalue weighted by atomic mass is 16.6. The van der Waals surface area contributed by atoms with Gasteiger partial charge in [0.1, 0.15) is 5.57 Å². The summed E-state index contributed by atoms with van der Waals surface area (Å²) in [5.74, 6) is -0.771. The monoisotopic (exact) mass is 282 g/mol. The zero-order chi connectivity index (χ0) is 14.8. The number of hydrogen-bond donors (Lipinski definition) is 1. The molecule has 0 unspecified atom stereocenters. The Kier molecular flexibility index (Phi) is 4.48. The quantitative estimate of drug-likeness (QED) is 0.359. The Morgan fingerprint density at radius 1 is 1.15 bits per heavy atom. The van der Waals surface area contributed by atoms with E-state index >= 15 is 0 Å². The summed E-state index contributed by atoms with van der Waals surface area (Å²) in [5.41, 5.74) is 1.14. The molecule has 0 aromatic heterocycles. The van der Waals surface area contributed by atoms with Crippen LogP contribution in [0.3, 0.4) is 0 Å².